The number of hydrogen-bond donors (Lipinski definition) is 1. The Bertz CT molecular complexity index is 425. The number of benzene rings is 1. The van der Waals surface area contributed by atoms with E-state index in [-0.39, 0.29) is 6.03 Å². The summed E-state index contributed by atoms with van der Waals surface area (Å²) in [4.78, 5) is 16.4. The number of piperazine rings is 1. The Hall–Kier alpha value is -0.820. The zero-order chi connectivity index (χ0) is 13.8. The molecule has 1 heterocycles. The number of halogens is 1. The molecule has 0 unspecified atom stereocenters. The molecule has 0 spiro atoms. The van der Waals surface area contributed by atoms with Gasteiger partial charge in [-0.2, -0.15) is 0 Å². The molecule has 4 nitrogen and oxygen atoms in total. The topological polar surface area (TPSA) is 35.6 Å². The van der Waals surface area contributed by atoms with Crippen molar-refractivity contribution in [2.45, 2.75) is 19.9 Å². The summed E-state index contributed by atoms with van der Waals surface area (Å²) in [5, 5.41) is 2.95. The zero-order valence-corrected chi connectivity index (χ0v) is 13.6. The van der Waals surface area contributed by atoms with Crippen LogP contribution in [0.15, 0.2) is 24.3 Å². The van der Waals surface area contributed by atoms with Crippen molar-refractivity contribution in [3.8, 4) is 0 Å². The van der Waals surface area contributed by atoms with Crippen molar-refractivity contribution in [2.24, 2.45) is 0 Å². The largest absolute Gasteiger partial charge is 0.322 e. The average molecular weight is 373 g/mol. The fourth-order valence-corrected chi connectivity index (χ4v) is 2.54. The molecule has 1 aromatic carbocycles. The minimum Gasteiger partial charge on any atom is -0.322 e. The van der Waals surface area contributed by atoms with E-state index in [1.54, 1.807) is 0 Å². The Morgan fingerprint density at radius 3 is 2.26 bits per heavy atom. The van der Waals surface area contributed by atoms with Gasteiger partial charge in [0.05, 0.1) is 0 Å². The summed E-state index contributed by atoms with van der Waals surface area (Å²) in [5.74, 6) is 0. The summed E-state index contributed by atoms with van der Waals surface area (Å²) in [5.41, 5.74) is 0.858. The van der Waals surface area contributed by atoms with Crippen molar-refractivity contribution in [3.63, 3.8) is 0 Å². The van der Waals surface area contributed by atoms with Gasteiger partial charge < -0.3 is 10.2 Å². The Kier molecular flexibility index (Phi) is 5.04. The van der Waals surface area contributed by atoms with Crippen LogP contribution in [0.1, 0.15) is 13.8 Å². The number of hydrogen-bond acceptors (Lipinski definition) is 2. The van der Waals surface area contributed by atoms with Gasteiger partial charge in [-0.25, -0.2) is 4.79 Å². The molecule has 104 valence electrons. The predicted molar refractivity (Wildman–Crippen MR) is 86.5 cm³/mol. The molecule has 19 heavy (non-hydrogen) atoms. The maximum Gasteiger partial charge on any atom is 0.321 e. The fourth-order valence-electron chi connectivity index (χ4n) is 2.18. The normalized spacial score (nSPS) is 16.7. The Labute approximate surface area is 128 Å². The van der Waals surface area contributed by atoms with Crippen molar-refractivity contribution < 1.29 is 4.79 Å². The number of nitrogens with zero attached hydrogens (tertiary/aromatic N) is 2. The van der Waals surface area contributed by atoms with Crippen LogP contribution in [-0.4, -0.2) is 48.1 Å². The molecule has 0 atom stereocenters. The van der Waals surface area contributed by atoms with E-state index in [0.29, 0.717) is 6.04 Å². The fraction of sp³-hybridized carbons (Fsp3) is 0.500. The van der Waals surface area contributed by atoms with E-state index in [1.807, 2.05) is 29.2 Å². The number of anilines is 1. The molecule has 2 rings (SSSR count). The number of nitrogens with one attached hydrogen (secondary N) is 1. The molecular weight excluding hydrogens is 353 g/mol. The minimum absolute atomic E-state index is 0.00427. The molecule has 1 aliphatic heterocycles. The first-order valence-electron chi connectivity index (χ1n) is 6.62. The molecule has 1 saturated heterocycles. The highest BCUT2D eigenvalue weighted by molar-refractivity contribution is 14.1. The smallest absolute Gasteiger partial charge is 0.321 e. The summed E-state index contributed by atoms with van der Waals surface area (Å²) >= 11 is 2.25. The van der Waals surface area contributed by atoms with Crippen molar-refractivity contribution in [1.82, 2.24) is 9.80 Å². The van der Waals surface area contributed by atoms with Crippen molar-refractivity contribution in [3.05, 3.63) is 27.8 Å². The molecule has 2 amide bonds. The van der Waals surface area contributed by atoms with Crippen LogP contribution in [0.4, 0.5) is 10.5 Å². The van der Waals surface area contributed by atoms with Gasteiger partial charge in [0.2, 0.25) is 0 Å². The minimum atomic E-state index is 0.00427. The van der Waals surface area contributed by atoms with E-state index < -0.39 is 0 Å². The maximum absolute atomic E-state index is 12.1. The van der Waals surface area contributed by atoms with E-state index in [1.165, 1.54) is 3.57 Å². The quantitative estimate of drug-likeness (QED) is 0.810. The summed E-state index contributed by atoms with van der Waals surface area (Å²) < 4.78 is 1.17. The van der Waals surface area contributed by atoms with Crippen LogP contribution in [0.25, 0.3) is 0 Å². The monoisotopic (exact) mass is 373 g/mol. The van der Waals surface area contributed by atoms with Crippen LogP contribution in [0.2, 0.25) is 0 Å². The first-order valence-corrected chi connectivity index (χ1v) is 7.69. The van der Waals surface area contributed by atoms with Gasteiger partial charge in [0.1, 0.15) is 0 Å². The Morgan fingerprint density at radius 1 is 1.16 bits per heavy atom. The number of rotatable bonds is 2. The lowest BCUT2D eigenvalue weighted by atomic mass is 10.2. The van der Waals surface area contributed by atoms with Crippen molar-refractivity contribution in [2.75, 3.05) is 31.5 Å². The van der Waals surface area contributed by atoms with Crippen molar-refractivity contribution in [1.29, 1.82) is 0 Å². The van der Waals surface area contributed by atoms with E-state index in [0.717, 1.165) is 31.9 Å². The lowest BCUT2D eigenvalue weighted by Crippen LogP contribution is -2.51. The van der Waals surface area contributed by atoms with Gasteiger partial charge in [0.15, 0.2) is 0 Å². The standard InChI is InChI=1S/C14H20IN3O/c1-11(2)17-7-9-18(10-8-17)14(19)16-13-5-3-12(15)4-6-13/h3-6,11H,7-10H2,1-2H3,(H,16,19). The Balaban J connectivity index is 1.86. The molecule has 1 aliphatic rings. The van der Waals surface area contributed by atoms with Crippen LogP contribution < -0.4 is 5.32 Å². The van der Waals surface area contributed by atoms with Crippen LogP contribution in [-0.2, 0) is 0 Å². The van der Waals surface area contributed by atoms with Crippen LogP contribution in [0.5, 0.6) is 0 Å². The number of urea groups is 1. The summed E-state index contributed by atoms with van der Waals surface area (Å²) in [6, 6.07) is 8.42. The molecule has 0 aliphatic carbocycles. The molecule has 1 N–H and O–H groups in total. The second kappa shape index (κ2) is 6.56. The third kappa shape index (κ3) is 4.07. The molecule has 5 heteroatoms. The molecule has 0 bridgehead atoms. The van der Waals surface area contributed by atoms with Gasteiger partial charge in [0, 0.05) is 41.5 Å². The van der Waals surface area contributed by atoms with Gasteiger partial charge in [0.25, 0.3) is 0 Å². The van der Waals surface area contributed by atoms with E-state index >= 15 is 0 Å². The van der Waals surface area contributed by atoms with E-state index in [4.69, 9.17) is 0 Å². The molecule has 0 saturated carbocycles. The van der Waals surface area contributed by atoms with Gasteiger partial charge >= 0.3 is 6.03 Å². The molecule has 0 aromatic heterocycles. The van der Waals surface area contributed by atoms with E-state index in [9.17, 15) is 4.79 Å². The van der Waals surface area contributed by atoms with Crippen LogP contribution in [0.3, 0.4) is 0 Å². The molecule has 1 aromatic rings. The van der Waals surface area contributed by atoms with Crippen molar-refractivity contribution >= 4 is 34.3 Å². The summed E-state index contributed by atoms with van der Waals surface area (Å²) in [7, 11) is 0. The second-order valence-corrected chi connectivity index (χ2v) is 6.30. The average Bonchev–Trinajstić information content (AvgIpc) is 2.41. The Morgan fingerprint density at radius 2 is 1.74 bits per heavy atom. The first-order chi connectivity index (χ1) is 9.06. The predicted octanol–water partition coefficient (Wildman–Crippen LogP) is 2.85. The highest BCUT2D eigenvalue weighted by Gasteiger charge is 2.22. The highest BCUT2D eigenvalue weighted by Crippen LogP contribution is 2.13. The van der Waals surface area contributed by atoms with Crippen LogP contribution in [0, 0.1) is 3.57 Å². The highest BCUT2D eigenvalue weighted by atomic mass is 127. The molecular formula is C14H20IN3O. The molecule has 0 radical (unpaired) electrons. The number of carbonyl (C=O) groups is 1. The second-order valence-electron chi connectivity index (χ2n) is 5.05. The summed E-state index contributed by atoms with van der Waals surface area (Å²) in [6.07, 6.45) is 0. The SMILES string of the molecule is CC(C)N1CCN(C(=O)Nc2ccc(I)cc2)CC1. The van der Waals surface area contributed by atoms with Gasteiger partial charge in [-0.1, -0.05) is 0 Å². The number of amides is 2. The maximum atomic E-state index is 12.1. The van der Waals surface area contributed by atoms with E-state index in [2.05, 4.69) is 46.7 Å². The van der Waals surface area contributed by atoms with Gasteiger partial charge in [-0.3, -0.25) is 4.90 Å². The van der Waals surface area contributed by atoms with Gasteiger partial charge in [-0.05, 0) is 60.7 Å². The lowest BCUT2D eigenvalue weighted by Gasteiger charge is -2.36. The third-order valence-corrected chi connectivity index (χ3v) is 4.15. The third-order valence-electron chi connectivity index (χ3n) is 3.43. The van der Waals surface area contributed by atoms with Crippen LogP contribution >= 0.6 is 22.6 Å². The number of carbonyl (C=O) groups excluding carboxylic acids is 1. The lowest BCUT2D eigenvalue weighted by molar-refractivity contribution is 0.125. The zero-order valence-electron chi connectivity index (χ0n) is 11.4. The summed E-state index contributed by atoms with van der Waals surface area (Å²) in [6.45, 7) is 7.90. The first kappa shape index (κ1) is 14.6. The molecule has 1 fully saturated rings. The van der Waals surface area contributed by atoms with Gasteiger partial charge in [-0.15, -0.1) is 0 Å².